The molecule has 2 N–H and O–H groups in total. The topological polar surface area (TPSA) is 95.7 Å². The van der Waals surface area contributed by atoms with Crippen LogP contribution in [0.5, 0.6) is 0 Å². The van der Waals surface area contributed by atoms with Gasteiger partial charge in [-0.2, -0.15) is 0 Å². The highest BCUT2D eigenvalue weighted by Crippen LogP contribution is 2.26. The summed E-state index contributed by atoms with van der Waals surface area (Å²) in [6.07, 6.45) is 1.55. The normalized spacial score (nSPS) is 17.4. The average Bonchev–Trinajstić information content (AvgIpc) is 2.50. The average molecular weight is 313 g/mol. The number of aromatic nitrogens is 2. The molecule has 1 atom stereocenters. The zero-order chi connectivity index (χ0) is 15.4. The lowest BCUT2D eigenvalue weighted by molar-refractivity contribution is -0.136. The number of aliphatic hydroxyl groups excluding tert-OH is 2. The Labute approximate surface area is 126 Å². The van der Waals surface area contributed by atoms with E-state index < -0.39 is 0 Å². The number of thioether (sulfide) groups is 1. The zero-order valence-electron chi connectivity index (χ0n) is 11.9. The van der Waals surface area contributed by atoms with E-state index in [0.717, 1.165) is 0 Å². The van der Waals surface area contributed by atoms with Crippen LogP contribution < -0.4 is 5.56 Å². The van der Waals surface area contributed by atoms with E-state index in [2.05, 4.69) is 4.98 Å². The molecule has 0 saturated heterocycles. The van der Waals surface area contributed by atoms with Gasteiger partial charge in [-0.05, 0) is 6.92 Å². The smallest absolute Gasteiger partial charge is 0.257 e. The molecule has 1 aliphatic rings. The molecule has 1 aliphatic heterocycles. The minimum atomic E-state index is -0.345. The number of amides is 1. The molecular formula is C13H19N3O4S. The number of fused-ring (bicyclic) bond motifs is 1. The van der Waals surface area contributed by atoms with Gasteiger partial charge in [0.1, 0.15) is 0 Å². The first kappa shape index (κ1) is 16.0. The second kappa shape index (κ2) is 7.06. The van der Waals surface area contributed by atoms with Crippen molar-refractivity contribution in [2.24, 2.45) is 5.92 Å². The van der Waals surface area contributed by atoms with Crippen LogP contribution in [0.4, 0.5) is 0 Å². The monoisotopic (exact) mass is 313 g/mol. The molecule has 7 nitrogen and oxygen atoms in total. The summed E-state index contributed by atoms with van der Waals surface area (Å²) >= 11 is 1.38. The van der Waals surface area contributed by atoms with E-state index in [-0.39, 0.29) is 43.7 Å². The number of carbonyl (C=O) groups excluding carboxylic acids is 1. The van der Waals surface area contributed by atoms with Gasteiger partial charge in [0.2, 0.25) is 5.91 Å². The summed E-state index contributed by atoms with van der Waals surface area (Å²) in [6, 6.07) is 0. The van der Waals surface area contributed by atoms with E-state index >= 15 is 0 Å². The first-order valence-electron chi connectivity index (χ1n) is 6.78. The van der Waals surface area contributed by atoms with Gasteiger partial charge < -0.3 is 15.1 Å². The van der Waals surface area contributed by atoms with Crippen molar-refractivity contribution < 1.29 is 15.0 Å². The zero-order valence-corrected chi connectivity index (χ0v) is 12.7. The second-order valence-corrected chi connectivity index (χ2v) is 5.91. The van der Waals surface area contributed by atoms with Crippen LogP contribution in [0.15, 0.2) is 16.1 Å². The lowest BCUT2D eigenvalue weighted by atomic mass is 10.1. The largest absolute Gasteiger partial charge is 0.395 e. The molecule has 0 spiro atoms. The van der Waals surface area contributed by atoms with Gasteiger partial charge in [0.15, 0.2) is 5.16 Å². The van der Waals surface area contributed by atoms with E-state index in [1.54, 1.807) is 13.1 Å². The fraction of sp³-hybridized carbons (Fsp3) is 0.615. The van der Waals surface area contributed by atoms with Crippen LogP contribution in [0.3, 0.4) is 0 Å². The predicted octanol–water partition coefficient (Wildman–Crippen LogP) is -0.913. The van der Waals surface area contributed by atoms with Gasteiger partial charge >= 0.3 is 0 Å². The van der Waals surface area contributed by atoms with E-state index in [1.807, 2.05) is 0 Å². The number of aryl methyl sites for hydroxylation is 1. The quantitative estimate of drug-likeness (QED) is 0.683. The summed E-state index contributed by atoms with van der Waals surface area (Å²) in [6.45, 7) is 2.07. The first-order chi connectivity index (χ1) is 10.1. The highest BCUT2D eigenvalue weighted by Gasteiger charge is 2.29. The maximum atomic E-state index is 12.4. The summed E-state index contributed by atoms with van der Waals surface area (Å²) in [5.41, 5.74) is 0.427. The first-order valence-corrected chi connectivity index (χ1v) is 7.76. The van der Waals surface area contributed by atoms with Crippen molar-refractivity contribution in [3.05, 3.63) is 22.1 Å². The second-order valence-electron chi connectivity index (χ2n) is 4.92. The predicted molar refractivity (Wildman–Crippen MR) is 78.2 cm³/mol. The highest BCUT2D eigenvalue weighted by molar-refractivity contribution is 7.99. The van der Waals surface area contributed by atoms with E-state index in [0.29, 0.717) is 23.0 Å². The number of hydrogen-bond donors (Lipinski definition) is 2. The van der Waals surface area contributed by atoms with Crippen LogP contribution in [0.2, 0.25) is 0 Å². The molecule has 2 rings (SSSR count). The molecular weight excluding hydrogens is 294 g/mol. The summed E-state index contributed by atoms with van der Waals surface area (Å²) in [7, 11) is 0. The number of hydrogen-bond acceptors (Lipinski definition) is 6. The maximum absolute atomic E-state index is 12.4. The molecule has 1 unspecified atom stereocenters. The Morgan fingerprint density at radius 3 is 2.76 bits per heavy atom. The third-order valence-electron chi connectivity index (χ3n) is 3.40. The van der Waals surface area contributed by atoms with E-state index in [9.17, 15) is 9.59 Å². The molecule has 0 bridgehead atoms. The Balaban J connectivity index is 2.18. The van der Waals surface area contributed by atoms with Crippen LogP contribution in [0.1, 0.15) is 5.56 Å². The molecule has 21 heavy (non-hydrogen) atoms. The van der Waals surface area contributed by atoms with Crippen molar-refractivity contribution in [1.29, 1.82) is 0 Å². The molecule has 2 heterocycles. The van der Waals surface area contributed by atoms with Crippen LogP contribution in [0.25, 0.3) is 0 Å². The Kier molecular flexibility index (Phi) is 5.38. The standard InChI is InChI=1S/C13H19N3O4S/c1-9-6-14-13-16(11(9)19)7-10(8-21-13)12(20)15(2-4-17)3-5-18/h6,10,17-18H,2-5,7-8H2,1H3. The van der Waals surface area contributed by atoms with E-state index in [4.69, 9.17) is 10.2 Å². The van der Waals surface area contributed by atoms with Gasteiger partial charge in [0, 0.05) is 37.1 Å². The molecule has 1 amide bonds. The molecule has 0 aliphatic carbocycles. The van der Waals surface area contributed by atoms with Crippen molar-refractivity contribution in [1.82, 2.24) is 14.5 Å². The highest BCUT2D eigenvalue weighted by atomic mass is 32.2. The van der Waals surface area contributed by atoms with Crippen LogP contribution in [-0.2, 0) is 11.3 Å². The molecule has 0 radical (unpaired) electrons. The van der Waals surface area contributed by atoms with Crippen molar-refractivity contribution in [2.45, 2.75) is 18.6 Å². The molecule has 0 saturated carbocycles. The van der Waals surface area contributed by atoms with Crippen LogP contribution in [-0.4, -0.2) is 62.6 Å². The summed E-state index contributed by atoms with van der Waals surface area (Å²) < 4.78 is 1.53. The third-order valence-corrected chi connectivity index (χ3v) is 4.55. The van der Waals surface area contributed by atoms with Crippen LogP contribution in [0, 0.1) is 12.8 Å². The lowest BCUT2D eigenvalue weighted by Gasteiger charge is -2.29. The Hall–Kier alpha value is -1.38. The van der Waals surface area contributed by atoms with Gasteiger partial charge in [-0.15, -0.1) is 0 Å². The fourth-order valence-electron chi connectivity index (χ4n) is 2.28. The molecule has 1 aromatic rings. The van der Waals surface area contributed by atoms with Gasteiger partial charge in [-0.3, -0.25) is 14.2 Å². The summed E-state index contributed by atoms with van der Waals surface area (Å²) in [5.74, 6) is 0.0494. The minimum absolute atomic E-state index is 0.124. The minimum Gasteiger partial charge on any atom is -0.395 e. The molecule has 0 fully saturated rings. The number of carbonyl (C=O) groups is 1. The molecule has 0 aromatic carbocycles. The van der Waals surface area contributed by atoms with Gasteiger partial charge in [-0.1, -0.05) is 11.8 Å². The Bertz CT molecular complexity index is 569. The molecule has 116 valence electrons. The third kappa shape index (κ3) is 3.45. The number of aliphatic hydroxyl groups is 2. The van der Waals surface area contributed by atoms with Crippen molar-refractivity contribution >= 4 is 17.7 Å². The SMILES string of the molecule is Cc1cnc2n(c1=O)CC(C(=O)N(CCO)CCO)CS2. The van der Waals surface area contributed by atoms with Gasteiger partial charge in [0.05, 0.1) is 19.1 Å². The maximum Gasteiger partial charge on any atom is 0.257 e. The van der Waals surface area contributed by atoms with Crippen LogP contribution >= 0.6 is 11.8 Å². The van der Waals surface area contributed by atoms with Crippen molar-refractivity contribution in [2.75, 3.05) is 32.1 Å². The van der Waals surface area contributed by atoms with Crippen molar-refractivity contribution in [3.8, 4) is 0 Å². The van der Waals surface area contributed by atoms with Gasteiger partial charge in [0.25, 0.3) is 5.56 Å². The Morgan fingerprint density at radius 2 is 2.14 bits per heavy atom. The summed E-state index contributed by atoms with van der Waals surface area (Å²) in [4.78, 5) is 30.2. The van der Waals surface area contributed by atoms with Gasteiger partial charge in [-0.25, -0.2) is 4.98 Å². The summed E-state index contributed by atoms with van der Waals surface area (Å²) in [5, 5.41) is 18.6. The number of nitrogens with zero attached hydrogens (tertiary/aromatic N) is 3. The molecule has 8 heteroatoms. The van der Waals surface area contributed by atoms with Crippen molar-refractivity contribution in [3.63, 3.8) is 0 Å². The molecule has 1 aromatic heterocycles. The fourth-order valence-corrected chi connectivity index (χ4v) is 3.32. The van der Waals surface area contributed by atoms with E-state index in [1.165, 1.54) is 21.2 Å². The lowest BCUT2D eigenvalue weighted by Crippen LogP contribution is -2.44. The Morgan fingerprint density at radius 1 is 1.48 bits per heavy atom. The number of rotatable bonds is 5.